The summed E-state index contributed by atoms with van der Waals surface area (Å²) in [6, 6.07) is 0. The van der Waals surface area contributed by atoms with E-state index in [1.807, 2.05) is 13.8 Å². The van der Waals surface area contributed by atoms with Gasteiger partial charge < -0.3 is 4.74 Å². The van der Waals surface area contributed by atoms with Crippen LogP contribution in [0.5, 0.6) is 0 Å². The van der Waals surface area contributed by atoms with Gasteiger partial charge in [-0.3, -0.25) is 14.2 Å². The minimum absolute atomic E-state index is 0.0262. The van der Waals surface area contributed by atoms with Gasteiger partial charge in [0.05, 0.1) is 17.2 Å². The van der Waals surface area contributed by atoms with E-state index in [1.54, 1.807) is 22.0 Å². The molecular formula is C19H24N2O3S2. The molecule has 3 rings (SSSR count). The number of carbonyl (C=O) groups excluding carboxylic acids is 1. The molecule has 2 aromatic heterocycles. The predicted octanol–water partition coefficient (Wildman–Crippen LogP) is 3.81. The fourth-order valence-electron chi connectivity index (χ4n) is 3.23. The van der Waals surface area contributed by atoms with Crippen LogP contribution in [-0.4, -0.2) is 27.4 Å². The maximum absolute atomic E-state index is 13.1. The summed E-state index contributed by atoms with van der Waals surface area (Å²) in [7, 11) is 0. The first-order valence-electron chi connectivity index (χ1n) is 8.89. The number of allylic oxidation sites excluding steroid dienone is 1. The maximum atomic E-state index is 13.1. The van der Waals surface area contributed by atoms with Crippen molar-refractivity contribution in [1.29, 1.82) is 0 Å². The van der Waals surface area contributed by atoms with Gasteiger partial charge in [-0.1, -0.05) is 24.8 Å². The zero-order valence-corrected chi connectivity index (χ0v) is 17.0. The molecule has 0 N–H and O–H groups in total. The Morgan fingerprint density at radius 2 is 2.31 bits per heavy atom. The van der Waals surface area contributed by atoms with Crippen molar-refractivity contribution in [3.8, 4) is 0 Å². The van der Waals surface area contributed by atoms with E-state index in [9.17, 15) is 9.59 Å². The van der Waals surface area contributed by atoms with Gasteiger partial charge in [-0.15, -0.1) is 17.9 Å². The van der Waals surface area contributed by atoms with Crippen LogP contribution in [0.1, 0.15) is 37.6 Å². The summed E-state index contributed by atoms with van der Waals surface area (Å²) in [6.45, 7) is 10.0. The smallest absolute Gasteiger partial charge is 0.316 e. The Morgan fingerprint density at radius 1 is 1.54 bits per heavy atom. The molecular weight excluding hydrogens is 368 g/mol. The Bertz CT molecular complexity index is 898. The molecule has 0 aromatic carbocycles. The third-order valence-corrected chi connectivity index (χ3v) is 6.48. The minimum atomic E-state index is -0.302. The number of fused-ring (bicyclic) bond motifs is 3. The summed E-state index contributed by atoms with van der Waals surface area (Å²) < 4.78 is 6.79. The van der Waals surface area contributed by atoms with E-state index in [0.717, 1.165) is 29.5 Å². The lowest BCUT2D eigenvalue weighted by Gasteiger charge is -2.17. The van der Waals surface area contributed by atoms with Crippen molar-refractivity contribution in [3.05, 3.63) is 33.4 Å². The second kappa shape index (κ2) is 7.96. The molecule has 140 valence electrons. The van der Waals surface area contributed by atoms with Gasteiger partial charge in [0, 0.05) is 11.4 Å². The first-order valence-corrected chi connectivity index (χ1v) is 10.7. The highest BCUT2D eigenvalue weighted by Gasteiger charge is 2.24. The molecule has 26 heavy (non-hydrogen) atoms. The molecule has 1 aliphatic rings. The van der Waals surface area contributed by atoms with Crippen LogP contribution in [0.15, 0.2) is 22.6 Å². The number of aromatic nitrogens is 2. The topological polar surface area (TPSA) is 61.2 Å². The van der Waals surface area contributed by atoms with Gasteiger partial charge in [0.15, 0.2) is 5.16 Å². The maximum Gasteiger partial charge on any atom is 0.316 e. The monoisotopic (exact) mass is 392 g/mol. The number of aryl methyl sites for hydroxylation is 1. The van der Waals surface area contributed by atoms with Crippen molar-refractivity contribution in [2.45, 2.75) is 57.8 Å². The molecule has 0 radical (unpaired) electrons. The van der Waals surface area contributed by atoms with Crippen LogP contribution in [0.4, 0.5) is 0 Å². The Hall–Kier alpha value is -1.60. The molecule has 5 nitrogen and oxygen atoms in total. The van der Waals surface area contributed by atoms with Gasteiger partial charge in [-0.2, -0.15) is 0 Å². The van der Waals surface area contributed by atoms with Crippen molar-refractivity contribution in [2.75, 3.05) is 5.75 Å². The third-order valence-electron chi connectivity index (χ3n) is 4.38. The van der Waals surface area contributed by atoms with Crippen LogP contribution in [0.2, 0.25) is 0 Å². The fourth-order valence-corrected chi connectivity index (χ4v) is 5.44. The average molecular weight is 393 g/mol. The Labute approximate surface area is 161 Å². The standard InChI is InChI=1S/C19H24N2O3S2/c1-5-8-21-18(23)16-13-7-6-12(4)9-14(13)26-17(16)20-19(21)25-10-15(22)24-11(2)3/h5,11-12H,1,6-10H2,2-4H3. The fraction of sp³-hybridized carbons (Fsp3) is 0.526. The van der Waals surface area contributed by atoms with Gasteiger partial charge >= 0.3 is 5.97 Å². The second-order valence-corrected chi connectivity index (χ2v) is 8.98. The number of carbonyl (C=O) groups is 1. The summed E-state index contributed by atoms with van der Waals surface area (Å²) in [6.07, 6.45) is 4.60. The summed E-state index contributed by atoms with van der Waals surface area (Å²) in [4.78, 5) is 31.8. The first-order chi connectivity index (χ1) is 12.4. The van der Waals surface area contributed by atoms with Crippen LogP contribution >= 0.6 is 23.1 Å². The third kappa shape index (κ3) is 3.88. The van der Waals surface area contributed by atoms with E-state index in [2.05, 4.69) is 13.5 Å². The molecule has 7 heteroatoms. The Morgan fingerprint density at radius 3 is 3.00 bits per heavy atom. The van der Waals surface area contributed by atoms with E-state index in [0.29, 0.717) is 17.6 Å². The largest absolute Gasteiger partial charge is 0.462 e. The summed E-state index contributed by atoms with van der Waals surface area (Å²) >= 11 is 2.87. The zero-order chi connectivity index (χ0) is 18.8. The van der Waals surface area contributed by atoms with Gasteiger partial charge in [-0.05, 0) is 44.6 Å². The SMILES string of the molecule is C=CCn1c(SCC(=O)OC(C)C)nc2sc3c(c2c1=O)CCC(C)C3. The van der Waals surface area contributed by atoms with Crippen LogP contribution in [0, 0.1) is 5.92 Å². The quantitative estimate of drug-likeness (QED) is 0.324. The van der Waals surface area contributed by atoms with Crippen LogP contribution in [0.25, 0.3) is 10.2 Å². The normalized spacial score (nSPS) is 16.7. The highest BCUT2D eigenvalue weighted by Crippen LogP contribution is 2.36. The van der Waals surface area contributed by atoms with Gasteiger partial charge in [0.2, 0.25) is 0 Å². The zero-order valence-electron chi connectivity index (χ0n) is 15.4. The lowest BCUT2D eigenvalue weighted by atomic mass is 9.89. The average Bonchev–Trinajstić information content (AvgIpc) is 2.92. The number of hydrogen-bond donors (Lipinski definition) is 0. The lowest BCUT2D eigenvalue weighted by molar-refractivity contribution is -0.144. The minimum Gasteiger partial charge on any atom is -0.462 e. The molecule has 0 spiro atoms. The number of thioether (sulfide) groups is 1. The molecule has 0 saturated heterocycles. The van der Waals surface area contributed by atoms with Crippen molar-refractivity contribution in [2.24, 2.45) is 5.92 Å². The van der Waals surface area contributed by atoms with Crippen molar-refractivity contribution in [3.63, 3.8) is 0 Å². The molecule has 0 aliphatic heterocycles. The van der Waals surface area contributed by atoms with Crippen LogP contribution in [0.3, 0.4) is 0 Å². The van der Waals surface area contributed by atoms with Crippen molar-refractivity contribution in [1.82, 2.24) is 9.55 Å². The number of nitrogens with zero attached hydrogens (tertiary/aromatic N) is 2. The Balaban J connectivity index is 2.00. The molecule has 0 fully saturated rings. The van der Waals surface area contributed by atoms with Crippen molar-refractivity contribution >= 4 is 39.3 Å². The summed E-state index contributed by atoms with van der Waals surface area (Å²) in [5, 5.41) is 1.31. The number of ether oxygens (including phenoxy) is 1. The molecule has 1 atom stereocenters. The van der Waals surface area contributed by atoms with Gasteiger partial charge in [-0.25, -0.2) is 4.98 Å². The lowest BCUT2D eigenvalue weighted by Crippen LogP contribution is -2.24. The highest BCUT2D eigenvalue weighted by molar-refractivity contribution is 7.99. The van der Waals surface area contributed by atoms with E-state index >= 15 is 0 Å². The number of esters is 1. The summed E-state index contributed by atoms with van der Waals surface area (Å²) in [5.74, 6) is 0.476. The van der Waals surface area contributed by atoms with Gasteiger partial charge in [0.1, 0.15) is 4.83 Å². The molecule has 2 aromatic rings. The van der Waals surface area contributed by atoms with E-state index in [-0.39, 0.29) is 23.4 Å². The Kier molecular flexibility index (Phi) is 5.87. The molecule has 0 bridgehead atoms. The first kappa shape index (κ1) is 19.2. The summed E-state index contributed by atoms with van der Waals surface area (Å²) in [5.41, 5.74) is 1.15. The molecule has 1 aliphatic carbocycles. The predicted molar refractivity (Wildman–Crippen MR) is 107 cm³/mol. The highest BCUT2D eigenvalue weighted by atomic mass is 32.2. The molecule has 0 amide bonds. The molecule has 0 saturated carbocycles. The van der Waals surface area contributed by atoms with E-state index in [1.165, 1.54) is 22.2 Å². The molecule has 2 heterocycles. The van der Waals surface area contributed by atoms with E-state index in [4.69, 9.17) is 9.72 Å². The van der Waals surface area contributed by atoms with Crippen LogP contribution in [-0.2, 0) is 28.9 Å². The number of thiophene rings is 1. The van der Waals surface area contributed by atoms with Crippen LogP contribution < -0.4 is 5.56 Å². The molecule has 1 unspecified atom stereocenters. The van der Waals surface area contributed by atoms with E-state index < -0.39 is 0 Å². The van der Waals surface area contributed by atoms with Gasteiger partial charge in [0.25, 0.3) is 5.56 Å². The number of hydrogen-bond acceptors (Lipinski definition) is 6. The second-order valence-electron chi connectivity index (χ2n) is 6.96. The van der Waals surface area contributed by atoms with Crippen molar-refractivity contribution < 1.29 is 9.53 Å². The number of rotatable bonds is 6.